The van der Waals surface area contributed by atoms with Crippen LogP contribution in [0.15, 0.2) is 78.9 Å². The molecule has 0 fully saturated rings. The van der Waals surface area contributed by atoms with E-state index in [1.807, 2.05) is 0 Å². The molecule has 3 aromatic rings. The second kappa shape index (κ2) is 11.8. The number of hydrogen-bond acceptors (Lipinski definition) is 8. The van der Waals surface area contributed by atoms with Crippen molar-refractivity contribution in [3.05, 3.63) is 100 Å². The molecule has 0 radical (unpaired) electrons. The Balaban J connectivity index is 1.40. The van der Waals surface area contributed by atoms with E-state index >= 15 is 0 Å². The average molecular weight is 476 g/mol. The van der Waals surface area contributed by atoms with Crippen LogP contribution in [0.1, 0.15) is 33.6 Å². The molecule has 10 nitrogen and oxygen atoms in total. The van der Waals surface area contributed by atoms with Crippen molar-refractivity contribution in [1.29, 1.82) is 0 Å². The van der Waals surface area contributed by atoms with Gasteiger partial charge in [0.1, 0.15) is 5.75 Å². The van der Waals surface area contributed by atoms with Gasteiger partial charge in [-0.15, -0.1) is 0 Å². The molecule has 1 amide bonds. The first-order valence-electron chi connectivity index (χ1n) is 10.4. The van der Waals surface area contributed by atoms with Gasteiger partial charge in [-0.25, -0.2) is 4.79 Å². The first-order valence-corrected chi connectivity index (χ1v) is 10.4. The number of rotatable bonds is 10. The van der Waals surface area contributed by atoms with Crippen molar-refractivity contribution in [3.63, 3.8) is 0 Å². The highest BCUT2D eigenvalue weighted by atomic mass is 16.6. The molecule has 3 rings (SSSR count). The van der Waals surface area contributed by atoms with Crippen molar-refractivity contribution in [2.75, 3.05) is 11.9 Å². The first kappa shape index (κ1) is 24.8. The van der Waals surface area contributed by atoms with Gasteiger partial charge in [-0.05, 0) is 48.5 Å². The third kappa shape index (κ3) is 7.60. The van der Waals surface area contributed by atoms with Gasteiger partial charge in [0.15, 0.2) is 12.4 Å². The summed E-state index contributed by atoms with van der Waals surface area (Å²) < 4.78 is 10.2. The molecule has 0 aliphatic rings. The molecule has 0 bridgehead atoms. The number of nitrogens with one attached hydrogen (secondary N) is 1. The number of nitro benzene ring substituents is 1. The van der Waals surface area contributed by atoms with Gasteiger partial charge in [-0.3, -0.25) is 24.5 Å². The minimum Gasteiger partial charge on any atom is -0.457 e. The van der Waals surface area contributed by atoms with Crippen LogP contribution in [0.5, 0.6) is 5.75 Å². The number of ketones is 1. The van der Waals surface area contributed by atoms with Crippen LogP contribution in [0.4, 0.5) is 11.4 Å². The summed E-state index contributed by atoms with van der Waals surface area (Å²) in [6.45, 7) is -0.508. The molecule has 10 heteroatoms. The van der Waals surface area contributed by atoms with Crippen molar-refractivity contribution in [1.82, 2.24) is 0 Å². The molecule has 35 heavy (non-hydrogen) atoms. The van der Waals surface area contributed by atoms with Crippen LogP contribution < -0.4 is 10.1 Å². The molecule has 0 saturated carbocycles. The van der Waals surface area contributed by atoms with Gasteiger partial charge in [-0.2, -0.15) is 0 Å². The van der Waals surface area contributed by atoms with E-state index in [1.54, 1.807) is 30.3 Å². The van der Waals surface area contributed by atoms with Crippen LogP contribution in [-0.2, 0) is 14.3 Å². The molecule has 0 atom stereocenters. The minimum absolute atomic E-state index is 0.112. The number of nitrogens with zero attached hydrogens (tertiary/aromatic N) is 1. The van der Waals surface area contributed by atoms with E-state index in [2.05, 4.69) is 5.32 Å². The number of non-ortho nitro benzene ring substituents is 1. The van der Waals surface area contributed by atoms with Gasteiger partial charge in [-0.1, -0.05) is 18.2 Å². The zero-order chi connectivity index (χ0) is 25.2. The summed E-state index contributed by atoms with van der Waals surface area (Å²) in [5.41, 5.74) is 0.885. The molecular weight excluding hydrogens is 456 g/mol. The van der Waals surface area contributed by atoms with Crippen LogP contribution in [0.3, 0.4) is 0 Å². The molecule has 1 N–H and O–H groups in total. The lowest BCUT2D eigenvalue weighted by Crippen LogP contribution is -2.17. The van der Waals surface area contributed by atoms with Crippen molar-refractivity contribution >= 4 is 35.0 Å². The fourth-order valence-electron chi connectivity index (χ4n) is 2.86. The predicted molar refractivity (Wildman–Crippen MR) is 124 cm³/mol. The number of amides is 1. The smallest absolute Gasteiger partial charge is 0.343 e. The Morgan fingerprint density at radius 1 is 0.800 bits per heavy atom. The highest BCUT2D eigenvalue weighted by Crippen LogP contribution is 2.16. The van der Waals surface area contributed by atoms with Crippen LogP contribution in [0.2, 0.25) is 0 Å². The fraction of sp³-hybridized carbons (Fsp3) is 0.120. The second-order valence-electron chi connectivity index (χ2n) is 7.22. The number of Topliss-reactive ketones (excluding diaryl/α,β-unsaturated/α-hetero) is 1. The molecule has 0 heterocycles. The van der Waals surface area contributed by atoms with E-state index in [1.165, 1.54) is 48.5 Å². The molecule has 3 aromatic carbocycles. The van der Waals surface area contributed by atoms with E-state index in [4.69, 9.17) is 9.47 Å². The number of hydrogen-bond donors (Lipinski definition) is 1. The number of benzene rings is 3. The number of carbonyl (C=O) groups excluding carboxylic acids is 4. The summed E-state index contributed by atoms with van der Waals surface area (Å²) >= 11 is 0. The number of carbonyl (C=O) groups is 4. The van der Waals surface area contributed by atoms with Gasteiger partial charge in [0.05, 0.1) is 16.9 Å². The Morgan fingerprint density at radius 2 is 1.46 bits per heavy atom. The van der Waals surface area contributed by atoms with Crippen molar-refractivity contribution < 1.29 is 33.6 Å². The van der Waals surface area contributed by atoms with Crippen molar-refractivity contribution in [2.24, 2.45) is 0 Å². The van der Waals surface area contributed by atoms with Gasteiger partial charge >= 0.3 is 11.9 Å². The molecule has 0 spiro atoms. The quantitative estimate of drug-likeness (QED) is 0.152. The largest absolute Gasteiger partial charge is 0.457 e. The summed E-state index contributed by atoms with van der Waals surface area (Å²) in [6, 6.07) is 19.5. The highest BCUT2D eigenvalue weighted by Gasteiger charge is 2.14. The van der Waals surface area contributed by atoms with Crippen LogP contribution in [0, 0.1) is 10.1 Å². The molecule has 0 aliphatic heterocycles. The normalized spacial score (nSPS) is 10.2. The first-order chi connectivity index (χ1) is 16.8. The summed E-state index contributed by atoms with van der Waals surface area (Å²) in [6.07, 6.45) is -0.439. The zero-order valence-corrected chi connectivity index (χ0v) is 18.3. The summed E-state index contributed by atoms with van der Waals surface area (Å²) in [7, 11) is 0. The van der Waals surface area contributed by atoms with Gasteiger partial charge in [0.25, 0.3) is 5.69 Å². The minimum atomic E-state index is -0.731. The Morgan fingerprint density at radius 3 is 2.09 bits per heavy atom. The topological polar surface area (TPSA) is 142 Å². The number of nitro groups is 1. The molecule has 0 saturated heterocycles. The Kier molecular flexibility index (Phi) is 8.38. The molecular formula is C25H20N2O8. The molecule has 0 aliphatic carbocycles. The Bertz CT molecular complexity index is 1220. The highest BCUT2D eigenvalue weighted by molar-refractivity contribution is 5.98. The van der Waals surface area contributed by atoms with Gasteiger partial charge in [0.2, 0.25) is 5.91 Å². The predicted octanol–water partition coefficient (Wildman–Crippen LogP) is 3.96. The van der Waals surface area contributed by atoms with E-state index in [-0.39, 0.29) is 29.8 Å². The Labute approximate surface area is 199 Å². The third-order valence-corrected chi connectivity index (χ3v) is 4.68. The third-order valence-electron chi connectivity index (χ3n) is 4.68. The lowest BCUT2D eigenvalue weighted by atomic mass is 10.1. The molecule has 0 unspecified atom stereocenters. The number of esters is 2. The van der Waals surface area contributed by atoms with E-state index in [9.17, 15) is 29.3 Å². The van der Waals surface area contributed by atoms with Crippen molar-refractivity contribution in [3.8, 4) is 5.75 Å². The number of anilines is 1. The standard InChI is InChI=1S/C25H20N2O8/c28-22(17-6-12-21(13-7-17)35-25(31)18-4-2-1-3-5-18)16-34-24(30)15-14-23(29)26-19-8-10-20(11-9-19)27(32)33/h1-13H,14-16H2,(H,26,29). The lowest BCUT2D eigenvalue weighted by molar-refractivity contribution is -0.384. The maximum Gasteiger partial charge on any atom is 0.343 e. The average Bonchev–Trinajstić information content (AvgIpc) is 2.87. The fourth-order valence-corrected chi connectivity index (χ4v) is 2.86. The van der Waals surface area contributed by atoms with Crippen LogP contribution in [-0.4, -0.2) is 35.2 Å². The molecule has 178 valence electrons. The second-order valence-corrected chi connectivity index (χ2v) is 7.22. The van der Waals surface area contributed by atoms with Gasteiger partial charge < -0.3 is 14.8 Å². The van der Waals surface area contributed by atoms with E-state index in [0.29, 0.717) is 11.3 Å². The maximum atomic E-state index is 12.2. The summed E-state index contributed by atoms with van der Waals surface area (Å²) in [4.78, 5) is 58.2. The maximum absolute atomic E-state index is 12.2. The van der Waals surface area contributed by atoms with E-state index < -0.39 is 35.2 Å². The van der Waals surface area contributed by atoms with E-state index in [0.717, 1.165) is 0 Å². The summed E-state index contributed by atoms with van der Waals surface area (Å²) in [5, 5.41) is 13.2. The van der Waals surface area contributed by atoms with Crippen LogP contribution in [0.25, 0.3) is 0 Å². The van der Waals surface area contributed by atoms with Gasteiger partial charge in [0, 0.05) is 29.8 Å². The number of ether oxygens (including phenoxy) is 2. The van der Waals surface area contributed by atoms with Crippen molar-refractivity contribution in [2.45, 2.75) is 12.8 Å². The van der Waals surface area contributed by atoms with Crippen LogP contribution >= 0.6 is 0 Å². The Hall–Kier alpha value is -4.86. The zero-order valence-electron chi connectivity index (χ0n) is 18.3. The summed E-state index contributed by atoms with van der Waals surface area (Å²) in [5.74, 6) is -1.95. The SMILES string of the molecule is O=C(CCC(=O)OCC(=O)c1ccc(OC(=O)c2ccccc2)cc1)Nc1ccc([N+](=O)[O-])cc1. The monoisotopic (exact) mass is 476 g/mol. The lowest BCUT2D eigenvalue weighted by Gasteiger charge is -2.07. The molecule has 0 aromatic heterocycles.